The number of amides is 1. The zero-order valence-corrected chi connectivity index (χ0v) is 19.9. The molecule has 1 amide bonds. The third-order valence-corrected chi connectivity index (χ3v) is 7.37. The molecule has 1 saturated heterocycles. The van der Waals surface area contributed by atoms with Crippen LogP contribution in [-0.2, 0) is 17.6 Å². The van der Waals surface area contributed by atoms with Crippen molar-refractivity contribution in [3.05, 3.63) is 29.1 Å². The van der Waals surface area contributed by atoms with Gasteiger partial charge in [-0.3, -0.25) is 14.6 Å². The van der Waals surface area contributed by atoms with Crippen LogP contribution in [0.4, 0.5) is 5.88 Å². The number of carbonyl (C=O) groups is 1. The van der Waals surface area contributed by atoms with Crippen LogP contribution >= 0.6 is 11.8 Å². The first-order chi connectivity index (χ1) is 15.3. The maximum Gasteiger partial charge on any atom is 0.305 e. The van der Waals surface area contributed by atoms with Crippen molar-refractivity contribution in [3.8, 4) is 6.07 Å². The molecule has 3 heterocycles. The summed E-state index contributed by atoms with van der Waals surface area (Å²) in [6.45, 7) is 8.67. The van der Waals surface area contributed by atoms with Crippen LogP contribution in [0.15, 0.2) is 21.8 Å². The fourth-order valence-electron chi connectivity index (χ4n) is 4.39. The highest BCUT2D eigenvalue weighted by molar-refractivity contribution is 8.00. The topological polar surface area (TPSA) is 98.9 Å². The van der Waals surface area contributed by atoms with Crippen molar-refractivity contribution in [2.45, 2.75) is 64.3 Å². The van der Waals surface area contributed by atoms with Gasteiger partial charge in [-0.25, -0.2) is 4.98 Å². The number of pyridine rings is 1. The molecule has 8 nitrogen and oxygen atoms in total. The number of hydrogen-bond donors (Lipinski definition) is 1. The van der Waals surface area contributed by atoms with Crippen LogP contribution in [0, 0.1) is 22.7 Å². The number of hydrogen-bond acceptors (Lipinski definition) is 7. The second kappa shape index (κ2) is 9.49. The van der Waals surface area contributed by atoms with Crippen LogP contribution in [0.25, 0.3) is 0 Å². The zero-order chi connectivity index (χ0) is 22.7. The zero-order valence-electron chi connectivity index (χ0n) is 19.1. The Morgan fingerprint density at radius 2 is 2.16 bits per heavy atom. The van der Waals surface area contributed by atoms with E-state index in [4.69, 9.17) is 9.51 Å². The molecular formula is C23H31N6O2S+. The Hall–Kier alpha value is -2.60. The number of fused-ring (bicyclic) bond motifs is 1. The first-order valence-corrected chi connectivity index (χ1v) is 12.3. The summed E-state index contributed by atoms with van der Waals surface area (Å²) in [5.41, 5.74) is 3.01. The van der Waals surface area contributed by atoms with Gasteiger partial charge >= 0.3 is 5.88 Å². The van der Waals surface area contributed by atoms with E-state index in [9.17, 15) is 10.1 Å². The molecule has 0 saturated carbocycles. The van der Waals surface area contributed by atoms with Crippen molar-refractivity contribution in [1.29, 1.82) is 5.26 Å². The van der Waals surface area contributed by atoms with E-state index >= 15 is 0 Å². The van der Waals surface area contributed by atoms with E-state index in [0.29, 0.717) is 22.4 Å². The number of piperidine rings is 1. The van der Waals surface area contributed by atoms with E-state index < -0.39 is 0 Å². The lowest BCUT2D eigenvalue weighted by Gasteiger charge is -2.34. The van der Waals surface area contributed by atoms with Crippen molar-refractivity contribution in [2.24, 2.45) is 11.3 Å². The molecule has 2 aliphatic rings. The van der Waals surface area contributed by atoms with E-state index in [1.807, 2.05) is 6.07 Å². The van der Waals surface area contributed by atoms with Crippen molar-refractivity contribution in [2.75, 3.05) is 29.2 Å². The Labute approximate surface area is 193 Å². The number of carbonyl (C=O) groups excluding carboxylic acids is 1. The van der Waals surface area contributed by atoms with Gasteiger partial charge in [-0.05, 0) is 61.5 Å². The monoisotopic (exact) mass is 455 g/mol. The summed E-state index contributed by atoms with van der Waals surface area (Å²) in [6, 6.07) is 4.23. The van der Waals surface area contributed by atoms with Gasteiger partial charge in [0.2, 0.25) is 11.2 Å². The molecule has 2 aromatic rings. The molecule has 1 fully saturated rings. The van der Waals surface area contributed by atoms with E-state index in [1.165, 1.54) is 23.7 Å². The molecule has 32 heavy (non-hydrogen) atoms. The lowest BCUT2D eigenvalue weighted by molar-refractivity contribution is -0.759. The van der Waals surface area contributed by atoms with Crippen LogP contribution < -0.4 is 15.1 Å². The number of nitriles is 1. The number of thioether (sulfide) groups is 1. The number of aryl methyl sites for hydroxylation is 1. The van der Waals surface area contributed by atoms with Gasteiger partial charge in [-0.1, -0.05) is 32.5 Å². The predicted octanol–water partition coefficient (Wildman–Crippen LogP) is 3.23. The molecule has 0 aromatic carbocycles. The Bertz CT molecular complexity index is 1020. The SMILES string of the molecule is CC(C)(C)C1CCc2nc(SCC(=O)Nc3c[n+](N4CCCCC4)no3)c(C#N)cc2C1. The van der Waals surface area contributed by atoms with Gasteiger partial charge in [0, 0.05) is 5.69 Å². The Balaban J connectivity index is 1.37. The fraction of sp³-hybridized carbons (Fsp3) is 0.609. The highest BCUT2D eigenvalue weighted by Crippen LogP contribution is 2.38. The third-order valence-electron chi connectivity index (χ3n) is 6.38. The molecule has 1 aliphatic heterocycles. The summed E-state index contributed by atoms with van der Waals surface area (Å²) in [7, 11) is 0. The second-order valence-electron chi connectivity index (χ2n) is 9.70. The molecule has 1 unspecified atom stereocenters. The maximum absolute atomic E-state index is 12.5. The lowest BCUT2D eigenvalue weighted by Crippen LogP contribution is -2.60. The summed E-state index contributed by atoms with van der Waals surface area (Å²) in [5.74, 6) is 0.832. The Morgan fingerprint density at radius 1 is 1.38 bits per heavy atom. The maximum atomic E-state index is 12.5. The van der Waals surface area contributed by atoms with Gasteiger partial charge in [-0.15, -0.1) is 0 Å². The van der Waals surface area contributed by atoms with E-state index in [-0.39, 0.29) is 17.1 Å². The van der Waals surface area contributed by atoms with Crippen LogP contribution in [0.5, 0.6) is 0 Å². The number of aromatic nitrogens is 3. The molecular weight excluding hydrogens is 424 g/mol. The number of nitrogens with one attached hydrogen (secondary N) is 1. The minimum absolute atomic E-state index is 0.148. The average molecular weight is 456 g/mol. The molecule has 0 bridgehead atoms. The standard InChI is InChI=1S/C23H30N6O2S/c1-23(2,3)18-7-8-19-16(12-18)11-17(13-24)22(25-19)32-15-20(30)26-21-14-29(27-31-21)28-9-5-4-6-10-28/h11,14,18H,4-10,12,15H2,1-3H3/p+1. The first kappa shape index (κ1) is 22.6. The van der Waals surface area contributed by atoms with Gasteiger partial charge in [0.25, 0.3) is 6.20 Å². The van der Waals surface area contributed by atoms with Crippen LogP contribution in [0.1, 0.15) is 63.3 Å². The quantitative estimate of drug-likeness (QED) is 0.546. The largest absolute Gasteiger partial charge is 0.305 e. The minimum Gasteiger partial charge on any atom is -0.288 e. The van der Waals surface area contributed by atoms with E-state index in [0.717, 1.165) is 50.9 Å². The number of rotatable bonds is 5. The highest BCUT2D eigenvalue weighted by atomic mass is 32.2. The minimum atomic E-state index is -0.215. The average Bonchev–Trinajstić information content (AvgIpc) is 3.25. The molecule has 0 spiro atoms. The molecule has 1 atom stereocenters. The molecule has 2 aromatic heterocycles. The Kier molecular flexibility index (Phi) is 6.70. The lowest BCUT2D eigenvalue weighted by atomic mass is 9.71. The molecule has 9 heteroatoms. The van der Waals surface area contributed by atoms with Crippen molar-refractivity contribution in [3.63, 3.8) is 0 Å². The number of nitrogens with zero attached hydrogens (tertiary/aromatic N) is 5. The van der Waals surface area contributed by atoms with E-state index in [1.54, 1.807) is 11.0 Å². The summed E-state index contributed by atoms with van der Waals surface area (Å²) in [6.07, 6.45) is 8.15. The number of anilines is 1. The summed E-state index contributed by atoms with van der Waals surface area (Å²) < 4.78 is 5.26. The van der Waals surface area contributed by atoms with Crippen molar-refractivity contribution in [1.82, 2.24) is 10.3 Å². The Morgan fingerprint density at radius 3 is 2.88 bits per heavy atom. The van der Waals surface area contributed by atoms with Gasteiger partial charge in [0.15, 0.2) is 0 Å². The summed E-state index contributed by atoms with van der Waals surface area (Å²) >= 11 is 1.29. The molecule has 1 aliphatic carbocycles. The van der Waals surface area contributed by atoms with Crippen molar-refractivity contribution < 1.29 is 14.1 Å². The fourth-order valence-corrected chi connectivity index (χ4v) is 5.17. The normalized spacial score (nSPS) is 18.7. The molecule has 1 N–H and O–H groups in total. The van der Waals surface area contributed by atoms with Crippen molar-refractivity contribution >= 4 is 23.6 Å². The smallest absolute Gasteiger partial charge is 0.288 e. The highest BCUT2D eigenvalue weighted by Gasteiger charge is 2.30. The first-order valence-electron chi connectivity index (χ1n) is 11.3. The molecule has 4 rings (SSSR count). The predicted molar refractivity (Wildman–Crippen MR) is 122 cm³/mol. The molecule has 170 valence electrons. The molecule has 0 radical (unpaired) electrons. The van der Waals surface area contributed by atoms with Gasteiger partial charge < -0.3 is 0 Å². The van der Waals surface area contributed by atoms with Gasteiger partial charge in [0.05, 0.1) is 29.2 Å². The van der Waals surface area contributed by atoms with E-state index in [2.05, 4.69) is 42.4 Å². The van der Waals surface area contributed by atoms with Gasteiger partial charge in [0.1, 0.15) is 11.1 Å². The van der Waals surface area contributed by atoms with Gasteiger partial charge in [-0.2, -0.15) is 10.3 Å². The summed E-state index contributed by atoms with van der Waals surface area (Å²) in [5, 5.41) is 19.1. The second-order valence-corrected chi connectivity index (χ2v) is 10.7. The third kappa shape index (κ3) is 5.23. The van der Waals surface area contributed by atoms with Crippen LogP contribution in [0.3, 0.4) is 0 Å². The van der Waals surface area contributed by atoms with Crippen LogP contribution in [-0.4, -0.2) is 35.0 Å². The summed E-state index contributed by atoms with van der Waals surface area (Å²) in [4.78, 5) is 18.9. The van der Waals surface area contributed by atoms with Crippen LogP contribution in [0.2, 0.25) is 0 Å².